The van der Waals surface area contributed by atoms with Crippen LogP contribution in [0.3, 0.4) is 0 Å². The van der Waals surface area contributed by atoms with E-state index in [-0.39, 0.29) is 5.82 Å². The average molecular weight is 444 g/mol. The Hall–Kier alpha value is -0.320. The van der Waals surface area contributed by atoms with Crippen LogP contribution in [-0.4, -0.2) is 6.61 Å². The Morgan fingerprint density at radius 2 is 1.58 bits per heavy atom. The van der Waals surface area contributed by atoms with Crippen molar-refractivity contribution in [2.24, 2.45) is 23.7 Å². The van der Waals surface area contributed by atoms with Crippen LogP contribution in [0.1, 0.15) is 63.9 Å². The van der Waals surface area contributed by atoms with Crippen molar-refractivity contribution in [3.8, 4) is 5.75 Å². The van der Waals surface area contributed by atoms with Gasteiger partial charge in [0.2, 0.25) is 0 Å². The highest BCUT2D eigenvalue weighted by Gasteiger charge is 2.30. The number of hydrogen-bond donors (Lipinski definition) is 0. The minimum absolute atomic E-state index is 0.194. The van der Waals surface area contributed by atoms with Gasteiger partial charge in [-0.1, -0.05) is 25.8 Å². The molecule has 0 N–H and O–H groups in total. The van der Waals surface area contributed by atoms with Crippen LogP contribution < -0.4 is 4.74 Å². The van der Waals surface area contributed by atoms with Gasteiger partial charge in [-0.2, -0.15) is 0 Å². The predicted octanol–water partition coefficient (Wildman–Crippen LogP) is 6.75. The van der Waals surface area contributed by atoms with Gasteiger partial charge >= 0.3 is 0 Å². The molecule has 0 saturated heterocycles. The van der Waals surface area contributed by atoms with Gasteiger partial charge < -0.3 is 4.74 Å². The molecule has 24 heavy (non-hydrogen) atoms. The second kappa shape index (κ2) is 8.37. The number of aryl methyl sites for hydroxylation is 1. The van der Waals surface area contributed by atoms with Crippen LogP contribution in [0.15, 0.2) is 12.1 Å². The minimum atomic E-state index is -0.194. The average Bonchev–Trinajstić information content (AvgIpc) is 2.60. The third-order valence-corrected chi connectivity index (χ3v) is 7.66. The molecule has 0 heterocycles. The molecule has 1 nitrogen and oxygen atoms in total. The van der Waals surface area contributed by atoms with Gasteiger partial charge in [-0.15, -0.1) is 0 Å². The quantitative estimate of drug-likeness (QED) is 0.467. The fraction of sp³-hybridized carbons (Fsp3) is 0.714. The molecule has 2 aliphatic rings. The van der Waals surface area contributed by atoms with E-state index >= 15 is 0 Å². The lowest BCUT2D eigenvalue weighted by molar-refractivity contribution is 0.124. The zero-order valence-electron chi connectivity index (χ0n) is 15.0. The highest BCUT2D eigenvalue weighted by Crippen LogP contribution is 2.41. The number of benzene rings is 1. The van der Waals surface area contributed by atoms with Crippen molar-refractivity contribution in [3.63, 3.8) is 0 Å². The highest BCUT2D eigenvalue weighted by atomic mass is 127. The van der Waals surface area contributed by atoms with Gasteiger partial charge in [0.15, 0.2) is 11.6 Å². The Kier molecular flexibility index (Phi) is 6.44. The van der Waals surface area contributed by atoms with Crippen LogP contribution in [0.4, 0.5) is 4.39 Å². The van der Waals surface area contributed by atoms with Crippen molar-refractivity contribution in [2.45, 2.75) is 65.2 Å². The summed E-state index contributed by atoms with van der Waals surface area (Å²) >= 11 is 2.06. The van der Waals surface area contributed by atoms with E-state index in [2.05, 4.69) is 29.5 Å². The second-order valence-electron chi connectivity index (χ2n) is 8.12. The summed E-state index contributed by atoms with van der Waals surface area (Å²) in [4.78, 5) is 0. The van der Waals surface area contributed by atoms with E-state index in [1.807, 2.05) is 13.0 Å². The first-order valence-electron chi connectivity index (χ1n) is 9.62. The fourth-order valence-electron chi connectivity index (χ4n) is 4.53. The van der Waals surface area contributed by atoms with Gasteiger partial charge in [-0.3, -0.25) is 0 Å². The molecule has 0 atom stereocenters. The third kappa shape index (κ3) is 4.44. The number of hydrogen-bond acceptors (Lipinski definition) is 1. The molecule has 0 spiro atoms. The topological polar surface area (TPSA) is 9.23 Å². The first kappa shape index (κ1) is 18.5. The molecule has 2 fully saturated rings. The molecule has 3 rings (SSSR count). The van der Waals surface area contributed by atoms with Crippen LogP contribution in [0.25, 0.3) is 0 Å². The molecule has 1 aromatic carbocycles. The molecule has 0 radical (unpaired) electrons. The van der Waals surface area contributed by atoms with Gasteiger partial charge in [0.25, 0.3) is 0 Å². The summed E-state index contributed by atoms with van der Waals surface area (Å²) in [6.45, 7) is 5.00. The molecule has 2 saturated carbocycles. The van der Waals surface area contributed by atoms with Gasteiger partial charge in [0.05, 0.1) is 10.2 Å². The molecular formula is C21H30FIO. The first-order valence-corrected chi connectivity index (χ1v) is 10.7. The van der Waals surface area contributed by atoms with E-state index in [0.717, 1.165) is 23.3 Å². The normalized spacial score (nSPS) is 31.0. The van der Waals surface area contributed by atoms with E-state index in [1.54, 1.807) is 6.07 Å². The lowest BCUT2D eigenvalue weighted by Crippen LogP contribution is -2.27. The Bertz CT molecular complexity index is 543. The third-order valence-electron chi connectivity index (χ3n) is 6.33. The Balaban J connectivity index is 1.45. The van der Waals surface area contributed by atoms with E-state index in [4.69, 9.17) is 4.74 Å². The first-order chi connectivity index (χ1) is 11.5. The molecule has 0 aromatic heterocycles. The van der Waals surface area contributed by atoms with Crippen LogP contribution in [0, 0.1) is 40.0 Å². The molecule has 3 heteroatoms. The van der Waals surface area contributed by atoms with Crippen molar-refractivity contribution in [3.05, 3.63) is 27.1 Å². The van der Waals surface area contributed by atoms with E-state index in [1.165, 1.54) is 51.4 Å². The summed E-state index contributed by atoms with van der Waals surface area (Å²) in [7, 11) is 0. The van der Waals surface area contributed by atoms with Crippen molar-refractivity contribution in [1.29, 1.82) is 0 Å². The zero-order valence-corrected chi connectivity index (χ0v) is 17.1. The predicted molar refractivity (Wildman–Crippen MR) is 106 cm³/mol. The van der Waals surface area contributed by atoms with Gasteiger partial charge in [-0.05, 0) is 103 Å². The smallest absolute Gasteiger partial charge is 0.178 e. The fourth-order valence-corrected chi connectivity index (χ4v) is 4.98. The standard InChI is InChI=1S/C21H30FIO/c1-14-3-8-17(9-4-14)18-10-6-16(7-11-18)13-24-19-12-5-15(2)21(23)20(19)22/h5,12,14,16-18H,3-4,6-11,13H2,1-2H3. The van der Waals surface area contributed by atoms with Crippen molar-refractivity contribution >= 4 is 22.6 Å². The van der Waals surface area contributed by atoms with E-state index in [9.17, 15) is 4.39 Å². The maximum atomic E-state index is 14.2. The Morgan fingerprint density at radius 1 is 1.00 bits per heavy atom. The minimum Gasteiger partial charge on any atom is -0.490 e. The zero-order chi connectivity index (χ0) is 17.1. The lowest BCUT2D eigenvalue weighted by atomic mass is 9.69. The van der Waals surface area contributed by atoms with Crippen LogP contribution in [-0.2, 0) is 0 Å². The highest BCUT2D eigenvalue weighted by molar-refractivity contribution is 14.1. The van der Waals surface area contributed by atoms with Crippen molar-refractivity contribution in [1.82, 2.24) is 0 Å². The monoisotopic (exact) mass is 444 g/mol. The molecule has 0 aliphatic heterocycles. The van der Waals surface area contributed by atoms with Gasteiger partial charge in [0, 0.05) is 0 Å². The molecule has 0 unspecified atom stereocenters. The van der Waals surface area contributed by atoms with E-state index in [0.29, 0.717) is 21.8 Å². The van der Waals surface area contributed by atoms with Gasteiger partial charge in [0.1, 0.15) is 0 Å². The molecule has 134 valence electrons. The number of rotatable bonds is 4. The Labute approximate surface area is 159 Å². The largest absolute Gasteiger partial charge is 0.490 e. The molecule has 0 bridgehead atoms. The SMILES string of the molecule is Cc1ccc(OCC2CCC(C3CCC(C)CC3)CC2)c(F)c1I. The molecule has 0 amide bonds. The maximum Gasteiger partial charge on any atom is 0.178 e. The van der Waals surface area contributed by atoms with Crippen LogP contribution in [0.2, 0.25) is 0 Å². The van der Waals surface area contributed by atoms with Crippen LogP contribution in [0.5, 0.6) is 5.75 Å². The van der Waals surface area contributed by atoms with Crippen LogP contribution >= 0.6 is 22.6 Å². The van der Waals surface area contributed by atoms with Crippen molar-refractivity contribution in [2.75, 3.05) is 6.61 Å². The molecular weight excluding hydrogens is 414 g/mol. The summed E-state index contributed by atoms with van der Waals surface area (Å²) in [5.74, 6) is 3.68. The van der Waals surface area contributed by atoms with Crippen molar-refractivity contribution < 1.29 is 9.13 Å². The number of halogens is 2. The second-order valence-corrected chi connectivity index (χ2v) is 9.20. The summed E-state index contributed by atoms with van der Waals surface area (Å²) in [5.41, 5.74) is 0.975. The summed E-state index contributed by atoms with van der Waals surface area (Å²) in [5, 5.41) is 0. The summed E-state index contributed by atoms with van der Waals surface area (Å²) in [6.07, 6.45) is 10.9. The number of ether oxygens (including phenoxy) is 1. The lowest BCUT2D eigenvalue weighted by Gasteiger charge is -2.37. The summed E-state index contributed by atoms with van der Waals surface area (Å²) < 4.78 is 20.7. The molecule has 2 aliphatic carbocycles. The van der Waals surface area contributed by atoms with Gasteiger partial charge in [-0.25, -0.2) is 4.39 Å². The maximum absolute atomic E-state index is 14.2. The van der Waals surface area contributed by atoms with E-state index < -0.39 is 0 Å². The Morgan fingerprint density at radius 3 is 2.21 bits per heavy atom. The molecule has 1 aromatic rings. The summed E-state index contributed by atoms with van der Waals surface area (Å²) in [6, 6.07) is 3.73.